The number of nitrogens with zero attached hydrogens (tertiary/aromatic N) is 4. The fourth-order valence-corrected chi connectivity index (χ4v) is 4.63. The van der Waals surface area contributed by atoms with E-state index in [9.17, 15) is 9.18 Å². The molecule has 2 aliphatic heterocycles. The highest BCUT2D eigenvalue weighted by Gasteiger charge is 2.56. The van der Waals surface area contributed by atoms with Crippen LogP contribution in [-0.2, 0) is 16.8 Å². The maximum atomic E-state index is 13.5. The number of aromatic nitrogens is 2. The molecule has 1 aromatic heterocycles. The summed E-state index contributed by atoms with van der Waals surface area (Å²) >= 11 is 0. The summed E-state index contributed by atoms with van der Waals surface area (Å²) in [6.07, 6.45) is 5.67. The summed E-state index contributed by atoms with van der Waals surface area (Å²) in [5, 5.41) is 0. The Morgan fingerprint density at radius 2 is 1.84 bits per heavy atom. The Morgan fingerprint density at radius 3 is 2.50 bits per heavy atom. The van der Waals surface area contributed by atoms with Crippen molar-refractivity contribution >= 4 is 11.9 Å². The third-order valence-corrected chi connectivity index (χ3v) is 6.10. The van der Waals surface area contributed by atoms with Gasteiger partial charge in [0, 0.05) is 43.4 Å². The zero-order chi connectivity index (χ0) is 22.5. The first-order chi connectivity index (χ1) is 15.3. The normalized spacial score (nSPS) is 24.3. The van der Waals surface area contributed by atoms with Crippen LogP contribution in [0, 0.1) is 5.82 Å². The maximum Gasteiger partial charge on any atom is 0.261 e. The number of carbonyl (C=O) groups excluding carboxylic acids is 1. The highest BCUT2D eigenvalue weighted by atomic mass is 19.1. The molecule has 1 spiro atoms. The number of halogens is 1. The number of hydrogen-bond acceptors (Lipinski definition) is 6. The van der Waals surface area contributed by atoms with E-state index >= 15 is 0 Å². The van der Waals surface area contributed by atoms with Crippen molar-refractivity contribution in [3.05, 3.63) is 78.1 Å². The summed E-state index contributed by atoms with van der Waals surface area (Å²) in [7, 11) is 1.62. The number of nitrogens with two attached hydrogens (primary N) is 1. The molecule has 0 bridgehead atoms. The molecule has 2 atom stereocenters. The number of benzene rings is 2. The standard InChI is InChI=1S/C24H22FN5O2/c1-23(10-15-3-6-18(25)7-4-15)13-24(21(31)30(2)22(26)29-24)19-9-16(5-8-20(19)32-23)17-11-27-14-28-12-17/h3-9,11-12,14H,10,13H2,1-2H3,(H2,26,29)/t23-,24?/m1/s1. The summed E-state index contributed by atoms with van der Waals surface area (Å²) in [4.78, 5) is 27.7. The van der Waals surface area contributed by atoms with E-state index in [1.807, 2.05) is 25.1 Å². The second kappa shape index (κ2) is 7.12. The monoisotopic (exact) mass is 431 g/mol. The van der Waals surface area contributed by atoms with Crippen molar-refractivity contribution < 1.29 is 13.9 Å². The summed E-state index contributed by atoms with van der Waals surface area (Å²) in [5.74, 6) is 0.237. The molecule has 162 valence electrons. The van der Waals surface area contributed by atoms with Gasteiger partial charge < -0.3 is 10.5 Å². The van der Waals surface area contributed by atoms with Crippen molar-refractivity contribution in [1.82, 2.24) is 14.9 Å². The highest BCUT2D eigenvalue weighted by molar-refractivity contribution is 6.07. The Morgan fingerprint density at radius 1 is 1.12 bits per heavy atom. The van der Waals surface area contributed by atoms with Gasteiger partial charge in [0.15, 0.2) is 11.5 Å². The molecule has 0 radical (unpaired) electrons. The van der Waals surface area contributed by atoms with Gasteiger partial charge in [0.25, 0.3) is 5.91 Å². The number of hydrogen-bond donors (Lipinski definition) is 1. The van der Waals surface area contributed by atoms with Gasteiger partial charge in [0.2, 0.25) is 0 Å². The molecule has 0 fully saturated rings. The molecule has 2 aromatic carbocycles. The van der Waals surface area contributed by atoms with Crippen LogP contribution in [0.3, 0.4) is 0 Å². The van der Waals surface area contributed by atoms with Crippen molar-refractivity contribution in [2.45, 2.75) is 30.9 Å². The zero-order valence-corrected chi connectivity index (χ0v) is 17.7. The van der Waals surface area contributed by atoms with Gasteiger partial charge >= 0.3 is 0 Å². The van der Waals surface area contributed by atoms with Crippen LogP contribution in [0.2, 0.25) is 0 Å². The van der Waals surface area contributed by atoms with Gasteiger partial charge in [-0.1, -0.05) is 18.2 Å². The van der Waals surface area contributed by atoms with Crippen molar-refractivity contribution in [2.75, 3.05) is 7.05 Å². The molecule has 1 unspecified atom stereocenters. The number of guanidine groups is 1. The van der Waals surface area contributed by atoms with Crippen molar-refractivity contribution in [3.8, 4) is 16.9 Å². The number of rotatable bonds is 3. The second-order valence-corrected chi connectivity index (χ2v) is 8.56. The predicted molar refractivity (Wildman–Crippen MR) is 117 cm³/mol. The highest BCUT2D eigenvalue weighted by Crippen LogP contribution is 2.50. The van der Waals surface area contributed by atoms with Gasteiger partial charge in [-0.3, -0.25) is 9.69 Å². The lowest BCUT2D eigenvalue weighted by molar-refractivity contribution is -0.133. The molecule has 8 heteroatoms. The van der Waals surface area contributed by atoms with Gasteiger partial charge in [0.05, 0.1) is 0 Å². The van der Waals surface area contributed by atoms with Crippen LogP contribution < -0.4 is 10.5 Å². The lowest BCUT2D eigenvalue weighted by Gasteiger charge is -2.43. The fourth-order valence-electron chi connectivity index (χ4n) is 4.63. The first-order valence-corrected chi connectivity index (χ1v) is 10.3. The fraction of sp³-hybridized carbons (Fsp3) is 0.250. The summed E-state index contributed by atoms with van der Waals surface area (Å²) in [6.45, 7) is 1.94. The molecule has 3 heterocycles. The summed E-state index contributed by atoms with van der Waals surface area (Å²) < 4.78 is 19.8. The number of fused-ring (bicyclic) bond motifs is 2. The molecule has 0 saturated carbocycles. The van der Waals surface area contributed by atoms with E-state index < -0.39 is 11.1 Å². The van der Waals surface area contributed by atoms with Gasteiger partial charge in [-0.2, -0.15) is 0 Å². The average molecular weight is 431 g/mol. The first kappa shape index (κ1) is 20.1. The number of aliphatic imine (C=N–C) groups is 1. The Labute approximate surface area is 184 Å². The smallest absolute Gasteiger partial charge is 0.261 e. The van der Waals surface area contributed by atoms with Crippen LogP contribution in [0.25, 0.3) is 11.1 Å². The van der Waals surface area contributed by atoms with Gasteiger partial charge in [0.1, 0.15) is 23.5 Å². The van der Waals surface area contributed by atoms with Crippen LogP contribution in [0.1, 0.15) is 24.5 Å². The number of ether oxygens (including phenoxy) is 1. The molecule has 0 aliphatic carbocycles. The van der Waals surface area contributed by atoms with Crippen LogP contribution >= 0.6 is 0 Å². The first-order valence-electron chi connectivity index (χ1n) is 10.3. The average Bonchev–Trinajstić information content (AvgIpc) is 2.99. The van der Waals surface area contributed by atoms with Gasteiger partial charge in [-0.05, 0) is 42.3 Å². The third-order valence-electron chi connectivity index (χ3n) is 6.10. The van der Waals surface area contributed by atoms with Crippen LogP contribution in [0.15, 0.2) is 66.2 Å². The topological polar surface area (TPSA) is 93.7 Å². The molecule has 1 amide bonds. The van der Waals surface area contributed by atoms with E-state index in [1.165, 1.54) is 23.4 Å². The molecule has 3 aromatic rings. The van der Waals surface area contributed by atoms with Crippen LogP contribution in [0.4, 0.5) is 4.39 Å². The Kier molecular flexibility index (Phi) is 4.47. The van der Waals surface area contributed by atoms with E-state index in [2.05, 4.69) is 15.0 Å². The van der Waals surface area contributed by atoms with Gasteiger partial charge in [-0.15, -0.1) is 0 Å². The van der Waals surface area contributed by atoms with E-state index in [0.29, 0.717) is 24.2 Å². The SMILES string of the molecule is CN1C(=O)C2(C[C@@](C)(Cc3ccc(F)cc3)Oc3ccc(-c4cncnc4)cc32)N=C1N. The Bertz CT molecular complexity index is 1230. The lowest BCUT2D eigenvalue weighted by Crippen LogP contribution is -2.51. The maximum absolute atomic E-state index is 13.5. The Balaban J connectivity index is 1.63. The molecule has 0 saturated heterocycles. The van der Waals surface area contributed by atoms with Crippen molar-refractivity contribution in [2.24, 2.45) is 10.7 Å². The molecule has 2 aliphatic rings. The molecule has 2 N–H and O–H groups in total. The molecule has 32 heavy (non-hydrogen) atoms. The lowest BCUT2D eigenvalue weighted by atomic mass is 9.74. The van der Waals surface area contributed by atoms with E-state index in [4.69, 9.17) is 10.5 Å². The summed E-state index contributed by atoms with van der Waals surface area (Å²) in [6, 6.07) is 12.0. The molecular formula is C24H22FN5O2. The van der Waals surface area contributed by atoms with Gasteiger partial charge in [-0.25, -0.2) is 19.4 Å². The molecular weight excluding hydrogens is 409 g/mol. The molecule has 5 rings (SSSR count). The van der Waals surface area contributed by atoms with Crippen LogP contribution in [-0.4, -0.2) is 39.4 Å². The predicted octanol–water partition coefficient (Wildman–Crippen LogP) is 3.05. The third kappa shape index (κ3) is 3.19. The van der Waals surface area contributed by atoms with Crippen LogP contribution in [0.5, 0.6) is 5.75 Å². The minimum absolute atomic E-state index is 0.167. The Hall–Kier alpha value is -3.81. The summed E-state index contributed by atoms with van der Waals surface area (Å²) in [5.41, 5.74) is 7.37. The molecule has 7 nitrogen and oxygen atoms in total. The van der Waals surface area contributed by atoms with E-state index in [1.54, 1.807) is 31.6 Å². The van der Waals surface area contributed by atoms with E-state index in [0.717, 1.165) is 16.7 Å². The van der Waals surface area contributed by atoms with E-state index in [-0.39, 0.29) is 17.7 Å². The number of likely N-dealkylation sites (N-methyl/N-ethyl adjacent to an activating group) is 1. The number of carbonyl (C=O) groups is 1. The largest absolute Gasteiger partial charge is 0.487 e. The second-order valence-electron chi connectivity index (χ2n) is 8.56. The quantitative estimate of drug-likeness (QED) is 0.688. The minimum atomic E-state index is -1.20. The number of amides is 1. The zero-order valence-electron chi connectivity index (χ0n) is 17.7. The van der Waals surface area contributed by atoms with Crippen molar-refractivity contribution in [1.29, 1.82) is 0 Å². The van der Waals surface area contributed by atoms with Crippen molar-refractivity contribution in [3.63, 3.8) is 0 Å². The minimum Gasteiger partial charge on any atom is -0.487 e.